The first-order valence-corrected chi connectivity index (χ1v) is 8.76. The lowest BCUT2D eigenvalue weighted by Crippen LogP contribution is -2.19. The predicted octanol–water partition coefficient (Wildman–Crippen LogP) is 2.74. The Hall–Kier alpha value is -1.86. The number of aryl methyl sites for hydroxylation is 2. The molecule has 0 radical (unpaired) electrons. The second kappa shape index (κ2) is 5.16. The molecule has 5 nitrogen and oxygen atoms in total. The third kappa shape index (κ3) is 2.93. The SMILES string of the molecule is Cc1ccc(S(=O)(=O)Nc2ccc3c(c2)CCC(=O)N3)s1. The third-order valence-corrected chi connectivity index (χ3v) is 6.11. The van der Waals surface area contributed by atoms with Crippen LogP contribution in [0.5, 0.6) is 0 Å². The van der Waals surface area contributed by atoms with E-state index in [0.717, 1.165) is 16.1 Å². The fourth-order valence-electron chi connectivity index (χ4n) is 2.21. The number of amides is 1. The molecule has 0 saturated heterocycles. The molecule has 0 atom stereocenters. The molecule has 3 rings (SSSR count). The van der Waals surface area contributed by atoms with Crippen molar-refractivity contribution in [3.05, 3.63) is 40.8 Å². The van der Waals surface area contributed by atoms with Gasteiger partial charge in [-0.05, 0) is 49.2 Å². The van der Waals surface area contributed by atoms with Gasteiger partial charge in [-0.1, -0.05) is 0 Å². The summed E-state index contributed by atoms with van der Waals surface area (Å²) in [6.07, 6.45) is 1.04. The molecule has 0 bridgehead atoms. The van der Waals surface area contributed by atoms with Crippen LogP contribution in [0.1, 0.15) is 16.9 Å². The molecule has 0 saturated carbocycles. The summed E-state index contributed by atoms with van der Waals surface area (Å²) in [6.45, 7) is 1.87. The van der Waals surface area contributed by atoms with Crippen molar-refractivity contribution >= 4 is 38.6 Å². The molecule has 2 N–H and O–H groups in total. The highest BCUT2D eigenvalue weighted by Gasteiger charge is 2.19. The number of thiophene rings is 1. The molecule has 2 aromatic rings. The molecule has 0 aliphatic carbocycles. The van der Waals surface area contributed by atoms with Crippen LogP contribution in [-0.4, -0.2) is 14.3 Å². The summed E-state index contributed by atoms with van der Waals surface area (Å²) < 4.78 is 27.4. The van der Waals surface area contributed by atoms with Crippen molar-refractivity contribution in [2.75, 3.05) is 10.0 Å². The fraction of sp³-hybridized carbons (Fsp3) is 0.214. The van der Waals surface area contributed by atoms with Crippen molar-refractivity contribution < 1.29 is 13.2 Å². The van der Waals surface area contributed by atoms with E-state index in [-0.39, 0.29) is 5.91 Å². The summed E-state index contributed by atoms with van der Waals surface area (Å²) in [7, 11) is -3.55. The maximum absolute atomic E-state index is 12.3. The monoisotopic (exact) mass is 322 g/mol. The van der Waals surface area contributed by atoms with E-state index in [1.165, 1.54) is 11.3 Å². The molecule has 1 aromatic carbocycles. The first-order valence-electron chi connectivity index (χ1n) is 6.46. The number of hydrogen-bond donors (Lipinski definition) is 2. The maximum Gasteiger partial charge on any atom is 0.271 e. The maximum atomic E-state index is 12.3. The van der Waals surface area contributed by atoms with Crippen LogP contribution < -0.4 is 10.0 Å². The number of carbonyl (C=O) groups is 1. The molecule has 0 spiro atoms. The van der Waals surface area contributed by atoms with Crippen LogP contribution in [0, 0.1) is 6.92 Å². The van der Waals surface area contributed by atoms with Crippen molar-refractivity contribution in [1.82, 2.24) is 0 Å². The Bertz CT molecular complexity index is 809. The Kier molecular flexibility index (Phi) is 3.46. The van der Waals surface area contributed by atoms with E-state index in [4.69, 9.17) is 0 Å². The average Bonchev–Trinajstić information content (AvgIpc) is 2.86. The minimum absolute atomic E-state index is 0.00936. The van der Waals surface area contributed by atoms with Gasteiger partial charge in [0.05, 0.1) is 0 Å². The fourth-order valence-corrected chi connectivity index (χ4v) is 4.54. The van der Waals surface area contributed by atoms with Crippen LogP contribution >= 0.6 is 11.3 Å². The molecule has 21 heavy (non-hydrogen) atoms. The summed E-state index contributed by atoms with van der Waals surface area (Å²) >= 11 is 1.24. The number of benzene rings is 1. The van der Waals surface area contributed by atoms with Gasteiger partial charge in [-0.15, -0.1) is 11.3 Å². The van der Waals surface area contributed by atoms with E-state index in [2.05, 4.69) is 10.0 Å². The molecule has 110 valence electrons. The number of nitrogens with one attached hydrogen (secondary N) is 2. The summed E-state index contributed by atoms with van der Waals surface area (Å²) in [5.41, 5.74) is 2.20. The zero-order valence-electron chi connectivity index (χ0n) is 11.3. The lowest BCUT2D eigenvalue weighted by molar-refractivity contribution is -0.116. The average molecular weight is 322 g/mol. The molecular weight excluding hydrogens is 308 g/mol. The normalized spacial score (nSPS) is 14.4. The summed E-state index contributed by atoms with van der Waals surface area (Å²) in [4.78, 5) is 12.3. The Labute approximate surface area is 127 Å². The molecule has 7 heteroatoms. The zero-order chi connectivity index (χ0) is 15.0. The van der Waals surface area contributed by atoms with E-state index < -0.39 is 10.0 Å². The topological polar surface area (TPSA) is 75.3 Å². The molecular formula is C14H14N2O3S2. The van der Waals surface area contributed by atoms with E-state index >= 15 is 0 Å². The Morgan fingerprint density at radius 2 is 2.00 bits per heavy atom. The van der Waals surface area contributed by atoms with Gasteiger partial charge in [0.2, 0.25) is 5.91 Å². The zero-order valence-corrected chi connectivity index (χ0v) is 13.0. The standard InChI is InChI=1S/C14H14N2O3S2/c1-9-2-7-14(20-9)21(18,19)16-11-4-5-12-10(8-11)3-6-13(17)15-12/h2,4-5,7-8,16H,3,6H2,1H3,(H,15,17). The summed E-state index contributed by atoms with van der Waals surface area (Å²) in [5.74, 6) is -0.00936. The van der Waals surface area contributed by atoms with Crippen LogP contribution in [0.3, 0.4) is 0 Å². The van der Waals surface area contributed by atoms with Gasteiger partial charge < -0.3 is 5.32 Å². The minimum atomic E-state index is -3.55. The molecule has 1 aliphatic rings. The highest BCUT2D eigenvalue weighted by atomic mass is 32.2. The number of sulfonamides is 1. The summed E-state index contributed by atoms with van der Waals surface area (Å²) in [6, 6.07) is 8.53. The predicted molar refractivity (Wildman–Crippen MR) is 83.3 cm³/mol. The van der Waals surface area contributed by atoms with E-state index in [9.17, 15) is 13.2 Å². The lowest BCUT2D eigenvalue weighted by Gasteiger charge is -2.17. The van der Waals surface area contributed by atoms with E-state index in [1.807, 2.05) is 6.92 Å². The Balaban J connectivity index is 1.87. The number of fused-ring (bicyclic) bond motifs is 1. The van der Waals surface area contributed by atoms with Crippen LogP contribution in [0.2, 0.25) is 0 Å². The van der Waals surface area contributed by atoms with E-state index in [0.29, 0.717) is 22.7 Å². The van der Waals surface area contributed by atoms with Gasteiger partial charge in [-0.3, -0.25) is 9.52 Å². The van der Waals surface area contributed by atoms with Gasteiger partial charge >= 0.3 is 0 Å². The van der Waals surface area contributed by atoms with Gasteiger partial charge in [0, 0.05) is 22.7 Å². The first-order chi connectivity index (χ1) is 9.94. The number of rotatable bonds is 3. The van der Waals surface area contributed by atoms with Crippen molar-refractivity contribution in [1.29, 1.82) is 0 Å². The lowest BCUT2D eigenvalue weighted by atomic mass is 10.0. The number of anilines is 2. The van der Waals surface area contributed by atoms with Crippen LogP contribution in [0.4, 0.5) is 11.4 Å². The molecule has 2 heterocycles. The Morgan fingerprint density at radius 3 is 2.71 bits per heavy atom. The van der Waals surface area contributed by atoms with Crippen molar-refractivity contribution in [2.24, 2.45) is 0 Å². The van der Waals surface area contributed by atoms with Crippen LogP contribution in [0.25, 0.3) is 0 Å². The first kappa shape index (κ1) is 14.1. The quantitative estimate of drug-likeness (QED) is 0.912. The summed E-state index contributed by atoms with van der Waals surface area (Å²) in [5, 5.41) is 2.77. The van der Waals surface area contributed by atoms with Gasteiger partial charge in [0.1, 0.15) is 4.21 Å². The van der Waals surface area contributed by atoms with Crippen molar-refractivity contribution in [3.63, 3.8) is 0 Å². The molecule has 0 unspecified atom stereocenters. The molecule has 1 aliphatic heterocycles. The van der Waals surface area contributed by atoms with Gasteiger partial charge in [0.25, 0.3) is 10.0 Å². The Morgan fingerprint density at radius 1 is 1.19 bits per heavy atom. The second-order valence-electron chi connectivity index (χ2n) is 4.89. The van der Waals surface area contributed by atoms with Crippen molar-refractivity contribution in [2.45, 2.75) is 24.0 Å². The third-order valence-electron chi connectivity index (χ3n) is 3.23. The van der Waals surface area contributed by atoms with Gasteiger partial charge in [-0.2, -0.15) is 0 Å². The molecule has 1 aromatic heterocycles. The highest BCUT2D eigenvalue weighted by Crippen LogP contribution is 2.28. The highest BCUT2D eigenvalue weighted by molar-refractivity contribution is 7.94. The largest absolute Gasteiger partial charge is 0.326 e. The van der Waals surface area contributed by atoms with Crippen LogP contribution in [0.15, 0.2) is 34.5 Å². The molecule has 0 fully saturated rings. The number of carbonyl (C=O) groups excluding carboxylic acids is 1. The minimum Gasteiger partial charge on any atom is -0.326 e. The second-order valence-corrected chi connectivity index (χ2v) is 8.09. The molecule has 1 amide bonds. The van der Waals surface area contributed by atoms with Crippen molar-refractivity contribution in [3.8, 4) is 0 Å². The van der Waals surface area contributed by atoms with Gasteiger partial charge in [0.15, 0.2) is 0 Å². The number of hydrogen-bond acceptors (Lipinski definition) is 4. The van der Waals surface area contributed by atoms with E-state index in [1.54, 1.807) is 30.3 Å². The van der Waals surface area contributed by atoms with Crippen LogP contribution in [-0.2, 0) is 21.2 Å². The smallest absolute Gasteiger partial charge is 0.271 e. The van der Waals surface area contributed by atoms with Gasteiger partial charge in [-0.25, -0.2) is 8.42 Å².